The minimum atomic E-state index is 0.340. The molecule has 7 nitrogen and oxygen atoms in total. The summed E-state index contributed by atoms with van der Waals surface area (Å²) in [5, 5.41) is 3.47. The monoisotopic (exact) mass is 393 g/mol. The van der Waals surface area contributed by atoms with Crippen molar-refractivity contribution in [1.82, 2.24) is 10.2 Å². The molecule has 0 aromatic heterocycles. The van der Waals surface area contributed by atoms with E-state index in [0.717, 1.165) is 81.6 Å². The maximum absolute atomic E-state index is 5.94. The Morgan fingerprint density at radius 3 is 2.57 bits per heavy atom. The van der Waals surface area contributed by atoms with Crippen LogP contribution in [0.15, 0.2) is 23.2 Å². The molecule has 1 fully saturated rings. The van der Waals surface area contributed by atoms with E-state index in [4.69, 9.17) is 18.9 Å². The van der Waals surface area contributed by atoms with Crippen LogP contribution in [0.5, 0.6) is 11.5 Å². The highest BCUT2D eigenvalue weighted by atomic mass is 16.5. The van der Waals surface area contributed by atoms with Gasteiger partial charge in [0.1, 0.15) is 11.5 Å². The minimum absolute atomic E-state index is 0.340. The Bertz CT molecular complexity index is 601. The fourth-order valence-electron chi connectivity index (χ4n) is 3.41. The number of likely N-dealkylation sites (tertiary alicyclic amines) is 1. The molecule has 2 rings (SSSR count). The molecule has 1 saturated heterocycles. The van der Waals surface area contributed by atoms with Gasteiger partial charge in [0.05, 0.1) is 20.3 Å². The van der Waals surface area contributed by atoms with Crippen molar-refractivity contribution in [2.75, 3.05) is 61.2 Å². The molecule has 1 N–H and O–H groups in total. The normalized spacial score (nSPS) is 15.6. The molecule has 0 spiro atoms. The van der Waals surface area contributed by atoms with E-state index in [-0.39, 0.29) is 0 Å². The summed E-state index contributed by atoms with van der Waals surface area (Å²) in [5.74, 6) is 2.66. The molecular weight excluding hydrogens is 358 g/mol. The number of hydrogen-bond donors (Lipinski definition) is 1. The summed E-state index contributed by atoms with van der Waals surface area (Å²) < 4.78 is 21.8. The standard InChI is InChI=1S/C21H35N3O4/c1-22-21(24-12-9-18(10-13-24)28-15-5-14-25-2)23-11-8-17-16-19(26-3)6-7-20(17)27-4/h6-7,16,18H,5,8-15H2,1-4H3,(H,22,23). The highest BCUT2D eigenvalue weighted by Crippen LogP contribution is 2.24. The maximum Gasteiger partial charge on any atom is 0.193 e. The Balaban J connectivity index is 1.76. The second kappa shape index (κ2) is 12.5. The van der Waals surface area contributed by atoms with E-state index in [9.17, 15) is 0 Å². The molecular formula is C21H35N3O4. The van der Waals surface area contributed by atoms with E-state index >= 15 is 0 Å². The molecule has 1 aliphatic heterocycles. The topological polar surface area (TPSA) is 64.6 Å². The minimum Gasteiger partial charge on any atom is -0.497 e. The summed E-state index contributed by atoms with van der Waals surface area (Å²) in [6.07, 6.45) is 4.17. The van der Waals surface area contributed by atoms with E-state index in [2.05, 4.69) is 15.2 Å². The summed E-state index contributed by atoms with van der Waals surface area (Å²) in [4.78, 5) is 6.75. The van der Waals surface area contributed by atoms with Crippen LogP contribution >= 0.6 is 0 Å². The third-order valence-corrected chi connectivity index (χ3v) is 4.96. The lowest BCUT2D eigenvalue weighted by atomic mass is 10.1. The molecule has 158 valence electrons. The Hall–Kier alpha value is -1.99. The van der Waals surface area contributed by atoms with Gasteiger partial charge in [-0.15, -0.1) is 0 Å². The lowest BCUT2D eigenvalue weighted by molar-refractivity contribution is 0.00991. The Labute approximate surface area is 169 Å². The molecule has 28 heavy (non-hydrogen) atoms. The predicted octanol–water partition coefficient (Wildman–Crippen LogP) is 2.34. The fraction of sp³-hybridized carbons (Fsp3) is 0.667. The second-order valence-electron chi connectivity index (χ2n) is 6.81. The summed E-state index contributed by atoms with van der Waals surface area (Å²) in [5.41, 5.74) is 1.12. The molecule has 0 amide bonds. The van der Waals surface area contributed by atoms with Crippen LogP contribution in [0, 0.1) is 0 Å². The van der Waals surface area contributed by atoms with Crippen LogP contribution in [0.4, 0.5) is 0 Å². The largest absolute Gasteiger partial charge is 0.497 e. The van der Waals surface area contributed by atoms with E-state index in [1.54, 1.807) is 21.3 Å². The van der Waals surface area contributed by atoms with Gasteiger partial charge in [-0.1, -0.05) is 0 Å². The molecule has 0 saturated carbocycles. The van der Waals surface area contributed by atoms with Crippen LogP contribution < -0.4 is 14.8 Å². The number of methoxy groups -OCH3 is 3. The highest BCUT2D eigenvalue weighted by Gasteiger charge is 2.21. The van der Waals surface area contributed by atoms with Crippen molar-refractivity contribution in [3.63, 3.8) is 0 Å². The quantitative estimate of drug-likeness (QED) is 0.374. The summed E-state index contributed by atoms with van der Waals surface area (Å²) in [6.45, 7) is 4.22. The van der Waals surface area contributed by atoms with Crippen LogP contribution in [0.1, 0.15) is 24.8 Å². The molecule has 0 bridgehead atoms. The van der Waals surface area contributed by atoms with Crippen LogP contribution in [0.2, 0.25) is 0 Å². The van der Waals surface area contributed by atoms with Crippen molar-refractivity contribution in [2.45, 2.75) is 31.8 Å². The van der Waals surface area contributed by atoms with Crippen molar-refractivity contribution in [3.05, 3.63) is 23.8 Å². The van der Waals surface area contributed by atoms with E-state index in [0.29, 0.717) is 6.10 Å². The number of aliphatic imine (C=N–C) groups is 1. The first-order valence-corrected chi connectivity index (χ1v) is 9.98. The Morgan fingerprint density at radius 1 is 1.14 bits per heavy atom. The predicted molar refractivity (Wildman–Crippen MR) is 112 cm³/mol. The molecule has 0 atom stereocenters. The van der Waals surface area contributed by atoms with Crippen LogP contribution in [-0.4, -0.2) is 78.2 Å². The molecule has 0 radical (unpaired) electrons. The van der Waals surface area contributed by atoms with Crippen LogP contribution in [-0.2, 0) is 15.9 Å². The third kappa shape index (κ3) is 6.87. The van der Waals surface area contributed by atoms with Gasteiger partial charge in [0.2, 0.25) is 0 Å². The maximum atomic E-state index is 5.94. The smallest absolute Gasteiger partial charge is 0.193 e. The van der Waals surface area contributed by atoms with Crippen molar-refractivity contribution < 1.29 is 18.9 Å². The number of piperidine rings is 1. The van der Waals surface area contributed by atoms with Gasteiger partial charge in [-0.05, 0) is 49.4 Å². The third-order valence-electron chi connectivity index (χ3n) is 4.96. The van der Waals surface area contributed by atoms with Crippen LogP contribution in [0.25, 0.3) is 0 Å². The fourth-order valence-corrected chi connectivity index (χ4v) is 3.41. The average molecular weight is 394 g/mol. The van der Waals surface area contributed by atoms with E-state index < -0.39 is 0 Å². The van der Waals surface area contributed by atoms with Gasteiger partial charge in [0.25, 0.3) is 0 Å². The first-order valence-electron chi connectivity index (χ1n) is 9.98. The number of nitrogens with one attached hydrogen (secondary N) is 1. The lowest BCUT2D eigenvalue weighted by Crippen LogP contribution is -2.47. The van der Waals surface area contributed by atoms with Gasteiger partial charge in [-0.2, -0.15) is 0 Å². The number of nitrogens with zero attached hydrogens (tertiary/aromatic N) is 2. The first kappa shape index (κ1) is 22.3. The Morgan fingerprint density at radius 2 is 1.93 bits per heavy atom. The van der Waals surface area contributed by atoms with E-state index in [1.165, 1.54) is 0 Å². The zero-order valence-corrected chi connectivity index (χ0v) is 17.7. The van der Waals surface area contributed by atoms with Crippen molar-refractivity contribution in [3.8, 4) is 11.5 Å². The van der Waals surface area contributed by atoms with Gasteiger partial charge in [0, 0.05) is 47.0 Å². The number of benzene rings is 1. The number of rotatable bonds is 10. The molecule has 0 unspecified atom stereocenters. The van der Waals surface area contributed by atoms with Crippen molar-refractivity contribution in [2.24, 2.45) is 4.99 Å². The second-order valence-corrected chi connectivity index (χ2v) is 6.81. The number of guanidine groups is 1. The zero-order valence-electron chi connectivity index (χ0n) is 17.7. The van der Waals surface area contributed by atoms with Gasteiger partial charge < -0.3 is 29.2 Å². The van der Waals surface area contributed by atoms with Crippen molar-refractivity contribution >= 4 is 5.96 Å². The summed E-state index contributed by atoms with van der Waals surface area (Å²) in [6, 6.07) is 5.88. The van der Waals surface area contributed by atoms with Crippen LogP contribution in [0.3, 0.4) is 0 Å². The van der Waals surface area contributed by atoms with Gasteiger partial charge in [-0.3, -0.25) is 4.99 Å². The van der Waals surface area contributed by atoms with Gasteiger partial charge in [0.15, 0.2) is 5.96 Å². The zero-order chi connectivity index (χ0) is 20.2. The lowest BCUT2D eigenvalue weighted by Gasteiger charge is -2.34. The van der Waals surface area contributed by atoms with E-state index in [1.807, 2.05) is 25.2 Å². The molecule has 0 aliphatic carbocycles. The molecule has 7 heteroatoms. The van der Waals surface area contributed by atoms with Gasteiger partial charge >= 0.3 is 0 Å². The number of ether oxygens (including phenoxy) is 4. The number of hydrogen-bond acceptors (Lipinski definition) is 5. The first-order chi connectivity index (χ1) is 13.7. The molecule has 1 aliphatic rings. The molecule has 1 aromatic carbocycles. The van der Waals surface area contributed by atoms with Crippen molar-refractivity contribution in [1.29, 1.82) is 0 Å². The summed E-state index contributed by atoms with van der Waals surface area (Å²) >= 11 is 0. The highest BCUT2D eigenvalue weighted by molar-refractivity contribution is 5.80. The molecule has 1 aromatic rings. The van der Waals surface area contributed by atoms with Gasteiger partial charge in [-0.25, -0.2) is 0 Å². The average Bonchev–Trinajstić information content (AvgIpc) is 2.74. The Kier molecular flexibility index (Phi) is 9.93. The SMILES string of the molecule is CN=C(NCCc1cc(OC)ccc1OC)N1CCC(OCCCOC)CC1. The summed E-state index contributed by atoms with van der Waals surface area (Å²) in [7, 11) is 6.93. The molecule has 1 heterocycles.